The Balaban J connectivity index is 0.000000220. The summed E-state index contributed by atoms with van der Waals surface area (Å²) in [6, 6.07) is 0. The quantitative estimate of drug-likeness (QED) is 0.429. The molecular weight excluding hydrogens is 264 g/mol. The third kappa shape index (κ3) is 7.05. The Kier molecular flexibility index (Phi) is 7.47. The molecule has 2 rings (SSSR count). The normalized spacial score (nSPS) is 33.8. The van der Waals surface area contributed by atoms with Gasteiger partial charge in [-0.05, 0) is 60.2 Å². The van der Waals surface area contributed by atoms with Crippen LogP contribution in [0.3, 0.4) is 0 Å². The highest BCUT2D eigenvalue weighted by Crippen LogP contribution is 2.40. The van der Waals surface area contributed by atoms with Crippen LogP contribution in [0.4, 0.5) is 0 Å². The van der Waals surface area contributed by atoms with Crippen molar-refractivity contribution < 1.29 is 0 Å². The van der Waals surface area contributed by atoms with Crippen LogP contribution in [-0.2, 0) is 0 Å². The Labute approximate surface area is 141 Å². The maximum Gasteiger partial charge on any atom is -0.0354 e. The van der Waals surface area contributed by atoms with Gasteiger partial charge in [-0.15, -0.1) is 0 Å². The van der Waals surface area contributed by atoms with Crippen LogP contribution >= 0.6 is 0 Å². The average molecular weight is 309 g/mol. The molecule has 0 saturated heterocycles. The van der Waals surface area contributed by atoms with E-state index in [1.807, 2.05) is 0 Å². The van der Waals surface area contributed by atoms with E-state index in [1.165, 1.54) is 51.4 Å². The van der Waals surface area contributed by atoms with E-state index in [2.05, 4.69) is 55.4 Å². The van der Waals surface area contributed by atoms with Gasteiger partial charge in [-0.25, -0.2) is 0 Å². The summed E-state index contributed by atoms with van der Waals surface area (Å²) in [4.78, 5) is 0. The van der Waals surface area contributed by atoms with Gasteiger partial charge in [0.15, 0.2) is 0 Å². The van der Waals surface area contributed by atoms with Crippen molar-refractivity contribution in [3.63, 3.8) is 0 Å². The zero-order valence-corrected chi connectivity index (χ0v) is 17.0. The Hall–Kier alpha value is 0. The second-order valence-electron chi connectivity index (χ2n) is 10.7. The van der Waals surface area contributed by atoms with E-state index in [9.17, 15) is 0 Å². The van der Waals surface area contributed by atoms with Gasteiger partial charge >= 0.3 is 0 Å². The Morgan fingerprint density at radius 2 is 1.05 bits per heavy atom. The second-order valence-corrected chi connectivity index (χ2v) is 10.7. The molecule has 0 heteroatoms. The van der Waals surface area contributed by atoms with Gasteiger partial charge in [0.1, 0.15) is 0 Å². The van der Waals surface area contributed by atoms with Crippen molar-refractivity contribution in [3.8, 4) is 0 Å². The zero-order chi connectivity index (χ0) is 17.0. The fraction of sp³-hybridized carbons (Fsp3) is 1.00. The molecule has 0 aromatic rings. The van der Waals surface area contributed by atoms with E-state index in [0.717, 1.165) is 23.7 Å². The third-order valence-electron chi connectivity index (χ3n) is 6.40. The van der Waals surface area contributed by atoms with Crippen LogP contribution in [0.15, 0.2) is 0 Å². The molecule has 0 aliphatic heterocycles. The molecule has 0 spiro atoms. The smallest absolute Gasteiger partial charge is 0.0354 e. The molecule has 0 bridgehead atoms. The van der Waals surface area contributed by atoms with Gasteiger partial charge < -0.3 is 0 Å². The Morgan fingerprint density at radius 1 is 0.545 bits per heavy atom. The van der Waals surface area contributed by atoms with Gasteiger partial charge in [-0.1, -0.05) is 81.1 Å². The van der Waals surface area contributed by atoms with E-state index < -0.39 is 0 Å². The van der Waals surface area contributed by atoms with E-state index in [1.54, 1.807) is 0 Å². The van der Waals surface area contributed by atoms with E-state index >= 15 is 0 Å². The summed E-state index contributed by atoms with van der Waals surface area (Å²) >= 11 is 0. The number of hydrogen-bond acceptors (Lipinski definition) is 0. The second kappa shape index (κ2) is 8.20. The van der Waals surface area contributed by atoms with Crippen molar-refractivity contribution in [2.24, 2.45) is 34.5 Å². The molecule has 2 fully saturated rings. The molecule has 2 saturated carbocycles. The van der Waals surface area contributed by atoms with Gasteiger partial charge in [0.05, 0.1) is 0 Å². The van der Waals surface area contributed by atoms with E-state index in [-0.39, 0.29) is 0 Å². The van der Waals surface area contributed by atoms with Crippen molar-refractivity contribution in [2.75, 3.05) is 0 Å². The molecule has 0 radical (unpaired) electrons. The first-order valence-electron chi connectivity index (χ1n) is 10.00. The largest absolute Gasteiger partial charge is 0.0625 e. The average Bonchev–Trinajstić information content (AvgIpc) is 2.38. The monoisotopic (exact) mass is 308 g/mol. The molecule has 2 atom stereocenters. The van der Waals surface area contributed by atoms with Gasteiger partial charge in [0.25, 0.3) is 0 Å². The number of rotatable bonds is 0. The molecule has 0 nitrogen and oxygen atoms in total. The maximum atomic E-state index is 2.40. The first-order valence-corrected chi connectivity index (χ1v) is 10.00. The summed E-state index contributed by atoms with van der Waals surface area (Å²) < 4.78 is 0. The van der Waals surface area contributed by atoms with Crippen LogP contribution in [0.25, 0.3) is 0 Å². The first-order chi connectivity index (χ1) is 10.00. The molecule has 2 aliphatic carbocycles. The molecular formula is C22H44. The lowest BCUT2D eigenvalue weighted by Gasteiger charge is -2.36. The molecule has 0 aromatic carbocycles. The van der Waals surface area contributed by atoms with Gasteiger partial charge in [-0.3, -0.25) is 0 Å². The van der Waals surface area contributed by atoms with E-state index in [0.29, 0.717) is 10.8 Å². The van der Waals surface area contributed by atoms with Crippen LogP contribution in [0.1, 0.15) is 107 Å². The fourth-order valence-corrected chi connectivity index (χ4v) is 4.35. The lowest BCUT2D eigenvalue weighted by molar-refractivity contribution is 0.148. The highest BCUT2D eigenvalue weighted by atomic mass is 14.3. The molecule has 22 heavy (non-hydrogen) atoms. The van der Waals surface area contributed by atoms with Crippen LogP contribution in [-0.4, -0.2) is 0 Å². The summed E-state index contributed by atoms with van der Waals surface area (Å²) in [6.07, 6.45) is 11.7. The van der Waals surface area contributed by atoms with Crippen LogP contribution in [0.5, 0.6) is 0 Å². The molecule has 0 heterocycles. The Morgan fingerprint density at radius 3 is 1.41 bits per heavy atom. The SMILES string of the molecule is CC1CCC(C(C)(C)C)CC1.CC1CCCC(C(C)(C)C)C1. The van der Waals surface area contributed by atoms with Gasteiger partial charge in [-0.2, -0.15) is 0 Å². The lowest BCUT2D eigenvalue weighted by Crippen LogP contribution is -2.25. The van der Waals surface area contributed by atoms with Crippen molar-refractivity contribution >= 4 is 0 Å². The van der Waals surface area contributed by atoms with Gasteiger partial charge in [0, 0.05) is 0 Å². The molecule has 2 aliphatic rings. The van der Waals surface area contributed by atoms with Crippen LogP contribution < -0.4 is 0 Å². The standard InChI is InChI=1S/2C11H22/c1-9-5-7-10(8-6-9)11(2,3)4;1-9-6-5-7-10(8-9)11(2,3)4/h2*9-10H,5-8H2,1-4H3. The molecule has 0 aromatic heterocycles. The highest BCUT2D eigenvalue weighted by Gasteiger charge is 2.29. The van der Waals surface area contributed by atoms with Gasteiger partial charge in [0.2, 0.25) is 0 Å². The van der Waals surface area contributed by atoms with Crippen molar-refractivity contribution in [1.82, 2.24) is 0 Å². The molecule has 132 valence electrons. The molecule has 2 unspecified atom stereocenters. The highest BCUT2D eigenvalue weighted by molar-refractivity contribution is 4.80. The fourth-order valence-electron chi connectivity index (χ4n) is 4.35. The van der Waals surface area contributed by atoms with Crippen LogP contribution in [0, 0.1) is 34.5 Å². The minimum atomic E-state index is 0.550. The lowest BCUT2D eigenvalue weighted by atomic mass is 9.69. The third-order valence-corrected chi connectivity index (χ3v) is 6.40. The topological polar surface area (TPSA) is 0 Å². The number of hydrogen-bond donors (Lipinski definition) is 0. The predicted molar refractivity (Wildman–Crippen MR) is 101 cm³/mol. The summed E-state index contributed by atoms with van der Waals surface area (Å²) in [5.74, 6) is 3.94. The van der Waals surface area contributed by atoms with E-state index in [4.69, 9.17) is 0 Å². The Bertz CT molecular complexity index is 293. The summed E-state index contributed by atoms with van der Waals surface area (Å²) in [7, 11) is 0. The summed E-state index contributed by atoms with van der Waals surface area (Å²) in [5.41, 5.74) is 1.11. The summed E-state index contributed by atoms with van der Waals surface area (Å²) in [6.45, 7) is 19.1. The van der Waals surface area contributed by atoms with Crippen LogP contribution in [0.2, 0.25) is 0 Å². The molecule has 0 N–H and O–H groups in total. The maximum absolute atomic E-state index is 2.40. The van der Waals surface area contributed by atoms with Crippen molar-refractivity contribution in [2.45, 2.75) is 107 Å². The minimum absolute atomic E-state index is 0.550. The first kappa shape index (κ1) is 20.0. The predicted octanol–water partition coefficient (Wildman–Crippen LogP) is 7.72. The van der Waals surface area contributed by atoms with Crippen molar-refractivity contribution in [1.29, 1.82) is 0 Å². The zero-order valence-electron chi connectivity index (χ0n) is 17.0. The minimum Gasteiger partial charge on any atom is -0.0625 e. The summed E-state index contributed by atoms with van der Waals surface area (Å²) in [5, 5.41) is 0. The molecule has 0 amide bonds. The van der Waals surface area contributed by atoms with Crippen molar-refractivity contribution in [3.05, 3.63) is 0 Å².